The number of benzene rings is 1. The maximum Gasteiger partial charge on any atom is 0.412 e. The number of hydrogen-bond donors (Lipinski definition) is 2. The molecule has 19 heavy (non-hydrogen) atoms. The summed E-state index contributed by atoms with van der Waals surface area (Å²) in [6, 6.07) is 4.59. The minimum absolute atomic E-state index is 0.249. The molecular formula is C13H14N2O4. The molecule has 1 aliphatic rings. The SMILES string of the molecule is CC(C)(C)OC(=O)Nc1ccc2c(c1)C(=O)C(=O)N2. The van der Waals surface area contributed by atoms with Crippen LogP contribution in [0.2, 0.25) is 0 Å². The van der Waals surface area contributed by atoms with Crippen LogP contribution in [0.15, 0.2) is 18.2 Å². The van der Waals surface area contributed by atoms with Gasteiger partial charge in [-0.2, -0.15) is 0 Å². The molecule has 6 heteroatoms. The molecule has 2 N–H and O–H groups in total. The van der Waals surface area contributed by atoms with Gasteiger partial charge in [-0.1, -0.05) is 0 Å². The number of ketones is 1. The second kappa shape index (κ2) is 4.38. The molecule has 1 heterocycles. The monoisotopic (exact) mass is 262 g/mol. The van der Waals surface area contributed by atoms with E-state index in [0.29, 0.717) is 11.4 Å². The second-order valence-electron chi connectivity index (χ2n) is 5.17. The molecule has 1 aromatic carbocycles. The van der Waals surface area contributed by atoms with Gasteiger partial charge in [0.2, 0.25) is 0 Å². The number of amides is 2. The first-order valence-electron chi connectivity index (χ1n) is 5.76. The first-order chi connectivity index (χ1) is 8.76. The Morgan fingerprint density at radius 3 is 2.58 bits per heavy atom. The number of Topliss-reactive ketones (excluding diaryl/α,β-unsaturated/α-hetero) is 1. The summed E-state index contributed by atoms with van der Waals surface area (Å²) in [7, 11) is 0. The third-order valence-corrected chi connectivity index (χ3v) is 2.36. The van der Waals surface area contributed by atoms with Crippen LogP contribution in [0.3, 0.4) is 0 Å². The van der Waals surface area contributed by atoms with Crippen LogP contribution < -0.4 is 10.6 Å². The number of fused-ring (bicyclic) bond motifs is 1. The van der Waals surface area contributed by atoms with E-state index < -0.39 is 23.4 Å². The van der Waals surface area contributed by atoms with Crippen molar-refractivity contribution in [1.82, 2.24) is 0 Å². The lowest BCUT2D eigenvalue weighted by Gasteiger charge is -2.19. The van der Waals surface area contributed by atoms with Gasteiger partial charge in [-0.3, -0.25) is 14.9 Å². The zero-order valence-electron chi connectivity index (χ0n) is 10.9. The lowest BCUT2D eigenvalue weighted by Crippen LogP contribution is -2.27. The number of carbonyl (C=O) groups excluding carboxylic acids is 3. The van der Waals surface area contributed by atoms with Gasteiger partial charge in [-0.25, -0.2) is 4.79 Å². The molecule has 0 aliphatic carbocycles. The molecule has 0 aromatic heterocycles. The summed E-state index contributed by atoms with van der Waals surface area (Å²) in [6.45, 7) is 5.25. The molecule has 1 aliphatic heterocycles. The van der Waals surface area contributed by atoms with Gasteiger partial charge >= 0.3 is 6.09 Å². The van der Waals surface area contributed by atoms with Crippen molar-refractivity contribution in [3.8, 4) is 0 Å². The molecule has 1 aromatic rings. The number of ether oxygens (including phenoxy) is 1. The van der Waals surface area contributed by atoms with Crippen LogP contribution in [0.1, 0.15) is 31.1 Å². The normalized spacial score (nSPS) is 13.8. The van der Waals surface area contributed by atoms with Crippen LogP contribution in [0.5, 0.6) is 0 Å². The van der Waals surface area contributed by atoms with E-state index in [2.05, 4.69) is 10.6 Å². The Balaban J connectivity index is 2.14. The summed E-state index contributed by atoms with van der Waals surface area (Å²) >= 11 is 0. The fourth-order valence-corrected chi connectivity index (χ4v) is 1.64. The largest absolute Gasteiger partial charge is 0.444 e. The van der Waals surface area contributed by atoms with E-state index in [1.165, 1.54) is 6.07 Å². The molecule has 2 amide bonds. The van der Waals surface area contributed by atoms with Crippen LogP contribution in [0, 0.1) is 0 Å². The molecule has 0 atom stereocenters. The minimum atomic E-state index is -0.663. The Labute approximate surface area is 110 Å². The predicted octanol–water partition coefficient (Wildman–Crippen LogP) is 2.17. The van der Waals surface area contributed by atoms with E-state index in [1.807, 2.05) is 0 Å². The van der Waals surface area contributed by atoms with Crippen molar-refractivity contribution in [2.75, 3.05) is 10.6 Å². The van der Waals surface area contributed by atoms with Gasteiger partial charge in [0.1, 0.15) is 5.60 Å². The topological polar surface area (TPSA) is 84.5 Å². The van der Waals surface area contributed by atoms with Gasteiger partial charge in [0.25, 0.3) is 11.7 Å². The van der Waals surface area contributed by atoms with E-state index in [1.54, 1.807) is 32.9 Å². The zero-order chi connectivity index (χ0) is 14.2. The Bertz CT molecular complexity index is 572. The van der Waals surface area contributed by atoms with E-state index in [0.717, 1.165) is 0 Å². The molecule has 0 radical (unpaired) electrons. The van der Waals surface area contributed by atoms with E-state index in [-0.39, 0.29) is 5.56 Å². The fourth-order valence-electron chi connectivity index (χ4n) is 1.64. The molecule has 0 saturated carbocycles. The molecule has 6 nitrogen and oxygen atoms in total. The first-order valence-corrected chi connectivity index (χ1v) is 5.76. The van der Waals surface area contributed by atoms with E-state index in [9.17, 15) is 14.4 Å². The summed E-state index contributed by atoms with van der Waals surface area (Å²) in [6.07, 6.45) is -0.614. The standard InChI is InChI=1S/C13H14N2O4/c1-13(2,3)19-12(18)14-7-4-5-9-8(6-7)10(16)11(17)15-9/h4-6H,1-3H3,(H,14,18)(H,15,16,17). The maximum absolute atomic E-state index is 11.6. The van der Waals surface area contributed by atoms with Gasteiger partial charge < -0.3 is 10.1 Å². The molecule has 2 rings (SSSR count). The van der Waals surface area contributed by atoms with E-state index >= 15 is 0 Å². The lowest BCUT2D eigenvalue weighted by molar-refractivity contribution is -0.112. The van der Waals surface area contributed by atoms with Crippen LogP contribution in [0.25, 0.3) is 0 Å². The number of rotatable bonds is 1. The average Bonchev–Trinajstić information content (AvgIpc) is 2.53. The molecule has 0 spiro atoms. The molecule has 0 saturated heterocycles. The highest BCUT2D eigenvalue weighted by Crippen LogP contribution is 2.26. The van der Waals surface area contributed by atoms with Crippen LogP contribution >= 0.6 is 0 Å². The second-order valence-corrected chi connectivity index (χ2v) is 5.17. The molecule has 100 valence electrons. The summed E-state index contributed by atoms with van der Waals surface area (Å²) < 4.78 is 5.09. The Hall–Kier alpha value is -2.37. The van der Waals surface area contributed by atoms with Crippen molar-refractivity contribution >= 4 is 29.2 Å². The van der Waals surface area contributed by atoms with Crippen LogP contribution in [0.4, 0.5) is 16.2 Å². The van der Waals surface area contributed by atoms with Crippen molar-refractivity contribution in [3.63, 3.8) is 0 Å². The number of carbonyl (C=O) groups is 3. The highest BCUT2D eigenvalue weighted by Gasteiger charge is 2.28. The highest BCUT2D eigenvalue weighted by molar-refractivity contribution is 6.51. The van der Waals surface area contributed by atoms with Crippen LogP contribution in [-0.4, -0.2) is 23.4 Å². The van der Waals surface area contributed by atoms with Crippen LogP contribution in [-0.2, 0) is 9.53 Å². The molecule has 0 bridgehead atoms. The summed E-state index contributed by atoms with van der Waals surface area (Å²) in [5.41, 5.74) is 0.495. The van der Waals surface area contributed by atoms with Crippen molar-refractivity contribution in [2.24, 2.45) is 0 Å². The summed E-state index contributed by atoms with van der Waals surface area (Å²) in [5, 5.41) is 4.94. The smallest absolute Gasteiger partial charge is 0.412 e. The Morgan fingerprint density at radius 2 is 1.95 bits per heavy atom. The van der Waals surface area contributed by atoms with E-state index in [4.69, 9.17) is 4.74 Å². The number of anilines is 2. The van der Waals surface area contributed by atoms with Crippen molar-refractivity contribution < 1.29 is 19.1 Å². The number of hydrogen-bond acceptors (Lipinski definition) is 4. The van der Waals surface area contributed by atoms with Gasteiger partial charge in [0, 0.05) is 5.69 Å². The molecule has 0 unspecified atom stereocenters. The maximum atomic E-state index is 11.6. The van der Waals surface area contributed by atoms with Gasteiger partial charge in [-0.15, -0.1) is 0 Å². The third kappa shape index (κ3) is 2.90. The zero-order valence-corrected chi connectivity index (χ0v) is 10.9. The molecular weight excluding hydrogens is 248 g/mol. The Morgan fingerprint density at radius 1 is 1.26 bits per heavy atom. The first kappa shape index (κ1) is 13.1. The quantitative estimate of drug-likeness (QED) is 0.759. The highest BCUT2D eigenvalue weighted by atomic mass is 16.6. The average molecular weight is 262 g/mol. The predicted molar refractivity (Wildman–Crippen MR) is 69.3 cm³/mol. The van der Waals surface area contributed by atoms with Gasteiger partial charge in [0.05, 0.1) is 11.3 Å². The summed E-state index contributed by atoms with van der Waals surface area (Å²) in [4.78, 5) is 34.3. The van der Waals surface area contributed by atoms with Crippen molar-refractivity contribution in [1.29, 1.82) is 0 Å². The molecule has 0 fully saturated rings. The lowest BCUT2D eigenvalue weighted by atomic mass is 10.1. The van der Waals surface area contributed by atoms with Crippen molar-refractivity contribution in [2.45, 2.75) is 26.4 Å². The fraction of sp³-hybridized carbons (Fsp3) is 0.308. The third-order valence-electron chi connectivity index (χ3n) is 2.36. The van der Waals surface area contributed by atoms with Crippen molar-refractivity contribution in [3.05, 3.63) is 23.8 Å². The van der Waals surface area contributed by atoms with Gasteiger partial charge in [0.15, 0.2) is 0 Å². The van der Waals surface area contributed by atoms with Gasteiger partial charge in [-0.05, 0) is 39.0 Å². The summed E-state index contributed by atoms with van der Waals surface area (Å²) in [5.74, 6) is -1.27. The minimum Gasteiger partial charge on any atom is -0.444 e. The Kier molecular flexibility index (Phi) is 3.01. The number of nitrogens with one attached hydrogen (secondary N) is 2.